The smallest absolute Gasteiger partial charge is 0.259 e. The maximum absolute atomic E-state index is 15.1. The number of likely N-dealkylation sites (tertiary alicyclic amines) is 1. The summed E-state index contributed by atoms with van der Waals surface area (Å²) in [7, 11) is 0. The van der Waals surface area contributed by atoms with Crippen molar-refractivity contribution in [3.63, 3.8) is 0 Å². The van der Waals surface area contributed by atoms with Crippen molar-refractivity contribution in [1.29, 1.82) is 5.26 Å². The van der Waals surface area contributed by atoms with E-state index in [0.29, 0.717) is 23.4 Å². The normalized spacial score (nSPS) is 23.2. The van der Waals surface area contributed by atoms with Crippen molar-refractivity contribution in [2.75, 3.05) is 75.9 Å². The third kappa shape index (κ3) is 6.19. The van der Waals surface area contributed by atoms with Crippen LogP contribution in [0.1, 0.15) is 12.0 Å². The SMILES string of the molecule is N#Cc1cc(-c2ncnc(Nc3ccc(N4CCN(C5COC5)CC4)cc3)n2)ccc1OC1CCN(C(=O)C2(O)COC2)CC1F. The summed E-state index contributed by atoms with van der Waals surface area (Å²) in [6.07, 6.45) is -0.720. The molecule has 4 saturated heterocycles. The number of aromatic nitrogens is 3. The van der Waals surface area contributed by atoms with E-state index in [1.165, 1.54) is 11.2 Å². The lowest BCUT2D eigenvalue weighted by Gasteiger charge is -2.43. The Hall–Kier alpha value is -4.42. The fraction of sp³-hybridized carbons (Fsp3) is 0.469. The predicted octanol–water partition coefficient (Wildman–Crippen LogP) is 1.75. The average Bonchev–Trinajstić information content (AvgIpc) is 3.04. The summed E-state index contributed by atoms with van der Waals surface area (Å²) in [4.78, 5) is 31.8. The number of nitriles is 1. The van der Waals surface area contributed by atoms with E-state index in [0.717, 1.165) is 50.8 Å². The van der Waals surface area contributed by atoms with Gasteiger partial charge in [0.1, 0.15) is 24.3 Å². The Morgan fingerprint density at radius 3 is 2.50 bits per heavy atom. The van der Waals surface area contributed by atoms with Gasteiger partial charge in [-0.05, 0) is 42.5 Å². The Morgan fingerprint density at radius 2 is 1.85 bits per heavy atom. The topological polar surface area (TPSA) is 149 Å². The molecule has 0 radical (unpaired) electrons. The molecule has 4 aliphatic rings. The highest BCUT2D eigenvalue weighted by Crippen LogP contribution is 2.30. The Labute approximate surface area is 265 Å². The van der Waals surface area contributed by atoms with Crippen LogP contribution in [0.5, 0.6) is 5.75 Å². The summed E-state index contributed by atoms with van der Waals surface area (Å²) < 4.78 is 31.3. The molecule has 7 rings (SSSR count). The van der Waals surface area contributed by atoms with Crippen LogP contribution in [0.2, 0.25) is 0 Å². The van der Waals surface area contributed by atoms with E-state index in [1.807, 2.05) is 12.1 Å². The molecule has 0 aliphatic carbocycles. The molecular formula is C32H35FN8O5. The summed E-state index contributed by atoms with van der Waals surface area (Å²) in [5.74, 6) is 0.415. The molecule has 240 valence electrons. The van der Waals surface area contributed by atoms with Crippen LogP contribution < -0.4 is 15.0 Å². The summed E-state index contributed by atoms with van der Waals surface area (Å²) in [6.45, 7) is 5.55. The van der Waals surface area contributed by atoms with Crippen molar-refractivity contribution >= 4 is 23.2 Å². The second-order valence-electron chi connectivity index (χ2n) is 12.1. The standard InChI is InChI=1S/C32H35FN8O5/c33-26-15-41(30(42)32(43)18-45-19-32)8-7-28(26)46-27-6-1-21(13-22(27)14-34)29-35-20-36-31(38-29)37-23-2-4-24(5-3-23)39-9-11-40(12-10-39)25-16-44-17-25/h1-6,13,20,25-26,28,43H,7-12,15-19H2,(H,35,36,37,38). The predicted molar refractivity (Wildman–Crippen MR) is 164 cm³/mol. The van der Waals surface area contributed by atoms with Gasteiger partial charge in [0.25, 0.3) is 5.91 Å². The van der Waals surface area contributed by atoms with Crippen molar-refractivity contribution in [3.05, 3.63) is 54.4 Å². The van der Waals surface area contributed by atoms with Gasteiger partial charge in [-0.15, -0.1) is 0 Å². The van der Waals surface area contributed by atoms with E-state index in [-0.39, 0.29) is 44.0 Å². The molecule has 5 heterocycles. The number of anilines is 3. The Morgan fingerprint density at radius 1 is 1.07 bits per heavy atom. The maximum atomic E-state index is 15.1. The summed E-state index contributed by atoms with van der Waals surface area (Å²) >= 11 is 0. The number of hydrogen-bond donors (Lipinski definition) is 2. The second kappa shape index (κ2) is 12.8. The summed E-state index contributed by atoms with van der Waals surface area (Å²) in [6, 6.07) is 15.7. The van der Waals surface area contributed by atoms with Crippen LogP contribution in [0.15, 0.2) is 48.8 Å². The molecule has 4 aliphatic heterocycles. The van der Waals surface area contributed by atoms with Gasteiger partial charge in [-0.3, -0.25) is 9.69 Å². The van der Waals surface area contributed by atoms with Gasteiger partial charge in [0.2, 0.25) is 5.95 Å². The number of nitrogens with one attached hydrogen (secondary N) is 1. The number of hydrogen-bond acceptors (Lipinski definition) is 12. The van der Waals surface area contributed by atoms with Crippen molar-refractivity contribution in [2.45, 2.75) is 30.3 Å². The van der Waals surface area contributed by atoms with Gasteiger partial charge >= 0.3 is 0 Å². The lowest BCUT2D eigenvalue weighted by atomic mass is 9.97. The van der Waals surface area contributed by atoms with E-state index in [4.69, 9.17) is 14.2 Å². The van der Waals surface area contributed by atoms with Gasteiger partial charge in [-0.1, -0.05) is 0 Å². The number of amides is 1. The number of alkyl halides is 1. The van der Waals surface area contributed by atoms with Crippen LogP contribution in [0, 0.1) is 11.3 Å². The highest BCUT2D eigenvalue weighted by atomic mass is 19.1. The van der Waals surface area contributed by atoms with Gasteiger partial charge in [0.05, 0.1) is 44.6 Å². The third-order valence-corrected chi connectivity index (χ3v) is 9.00. The second-order valence-corrected chi connectivity index (χ2v) is 12.1. The summed E-state index contributed by atoms with van der Waals surface area (Å²) in [5, 5.41) is 23.3. The first-order chi connectivity index (χ1) is 22.4. The fourth-order valence-corrected chi connectivity index (χ4v) is 6.10. The number of aliphatic hydroxyl groups is 1. The number of halogens is 1. The molecule has 1 amide bonds. The van der Waals surface area contributed by atoms with E-state index < -0.39 is 23.8 Å². The highest BCUT2D eigenvalue weighted by Gasteiger charge is 2.48. The number of carbonyl (C=O) groups is 1. The molecule has 13 nitrogen and oxygen atoms in total. The molecule has 3 aromatic rings. The Balaban J connectivity index is 0.964. The van der Waals surface area contributed by atoms with Gasteiger partial charge in [0.15, 0.2) is 17.6 Å². The van der Waals surface area contributed by atoms with Gasteiger partial charge < -0.3 is 34.4 Å². The first-order valence-electron chi connectivity index (χ1n) is 15.5. The zero-order chi connectivity index (χ0) is 31.7. The maximum Gasteiger partial charge on any atom is 0.259 e. The number of piperazine rings is 1. The average molecular weight is 631 g/mol. The number of ether oxygens (including phenoxy) is 3. The van der Waals surface area contributed by atoms with E-state index in [1.54, 1.807) is 18.2 Å². The molecule has 46 heavy (non-hydrogen) atoms. The Kier molecular flexibility index (Phi) is 8.39. The lowest BCUT2D eigenvalue weighted by molar-refractivity contribution is -0.202. The van der Waals surface area contributed by atoms with Crippen LogP contribution >= 0.6 is 0 Å². The highest BCUT2D eigenvalue weighted by molar-refractivity contribution is 5.86. The molecular weight excluding hydrogens is 595 g/mol. The quantitative estimate of drug-likeness (QED) is 0.374. The largest absolute Gasteiger partial charge is 0.486 e. The zero-order valence-corrected chi connectivity index (χ0v) is 25.2. The minimum Gasteiger partial charge on any atom is -0.486 e. The molecule has 0 bridgehead atoms. The molecule has 0 saturated carbocycles. The van der Waals surface area contributed by atoms with Crippen LogP contribution in [-0.4, -0.2) is 125 Å². The molecule has 2 unspecified atom stereocenters. The van der Waals surface area contributed by atoms with Crippen LogP contribution in [0.25, 0.3) is 11.4 Å². The van der Waals surface area contributed by atoms with Crippen LogP contribution in [0.4, 0.5) is 21.7 Å². The van der Waals surface area contributed by atoms with Gasteiger partial charge in [0, 0.05) is 56.1 Å². The van der Waals surface area contributed by atoms with Crippen molar-refractivity contribution in [2.24, 2.45) is 0 Å². The third-order valence-electron chi connectivity index (χ3n) is 9.00. The van der Waals surface area contributed by atoms with Crippen molar-refractivity contribution < 1.29 is 28.5 Å². The molecule has 4 fully saturated rings. The minimum absolute atomic E-state index is 0.0849. The van der Waals surface area contributed by atoms with Gasteiger partial charge in [-0.2, -0.15) is 10.2 Å². The fourth-order valence-electron chi connectivity index (χ4n) is 6.10. The zero-order valence-electron chi connectivity index (χ0n) is 25.2. The first kappa shape index (κ1) is 30.2. The minimum atomic E-state index is -1.58. The number of carbonyl (C=O) groups excluding carboxylic acids is 1. The lowest BCUT2D eigenvalue weighted by Crippen LogP contribution is -2.63. The molecule has 2 N–H and O–H groups in total. The number of piperidine rings is 1. The molecule has 2 aromatic carbocycles. The van der Waals surface area contributed by atoms with E-state index in [9.17, 15) is 15.2 Å². The Bertz CT molecular complexity index is 1600. The molecule has 1 aromatic heterocycles. The van der Waals surface area contributed by atoms with Gasteiger partial charge in [-0.25, -0.2) is 14.4 Å². The van der Waals surface area contributed by atoms with Crippen molar-refractivity contribution in [3.8, 4) is 23.2 Å². The molecule has 14 heteroatoms. The molecule has 2 atom stereocenters. The number of rotatable bonds is 8. The number of nitrogens with zero attached hydrogens (tertiary/aromatic N) is 7. The van der Waals surface area contributed by atoms with E-state index in [2.05, 4.69) is 48.3 Å². The van der Waals surface area contributed by atoms with Crippen LogP contribution in [-0.2, 0) is 14.3 Å². The molecule has 0 spiro atoms. The monoisotopic (exact) mass is 630 g/mol. The van der Waals surface area contributed by atoms with Crippen LogP contribution in [0.3, 0.4) is 0 Å². The summed E-state index contributed by atoms with van der Waals surface area (Å²) in [5.41, 5.74) is 1.20. The van der Waals surface area contributed by atoms with Crippen molar-refractivity contribution in [1.82, 2.24) is 24.8 Å². The first-order valence-corrected chi connectivity index (χ1v) is 15.5. The van der Waals surface area contributed by atoms with E-state index >= 15 is 4.39 Å². The number of benzene rings is 2.